The Labute approximate surface area is 115 Å². The molecule has 0 saturated carbocycles. The topological polar surface area (TPSA) is 64.1 Å². The number of carbonyl (C=O) groups is 2. The van der Waals surface area contributed by atoms with E-state index < -0.39 is 5.97 Å². The highest BCUT2D eigenvalue weighted by Gasteiger charge is 2.27. The van der Waals surface area contributed by atoms with Crippen molar-refractivity contribution in [2.24, 2.45) is 0 Å². The third-order valence-corrected chi connectivity index (χ3v) is 3.66. The number of amides is 2. The third kappa shape index (κ3) is 4.70. The zero-order valence-electron chi connectivity index (χ0n) is 12.1. The SMILES string of the molecule is CCC(C)N(CC(=O)O)C(=O)N1CCCN(C)CC1. The fourth-order valence-corrected chi connectivity index (χ4v) is 2.20. The lowest BCUT2D eigenvalue weighted by Gasteiger charge is -2.32. The van der Waals surface area contributed by atoms with Crippen LogP contribution in [0.25, 0.3) is 0 Å². The Morgan fingerprint density at radius 3 is 2.53 bits per heavy atom. The van der Waals surface area contributed by atoms with Gasteiger partial charge in [0.1, 0.15) is 6.54 Å². The third-order valence-electron chi connectivity index (χ3n) is 3.66. The molecular formula is C13H25N3O3. The maximum atomic E-state index is 12.5. The molecule has 1 rings (SSSR count). The highest BCUT2D eigenvalue weighted by molar-refractivity contribution is 5.80. The lowest BCUT2D eigenvalue weighted by atomic mass is 10.2. The molecule has 0 aromatic rings. The zero-order chi connectivity index (χ0) is 14.4. The minimum absolute atomic E-state index is 0.0513. The molecule has 0 bridgehead atoms. The molecule has 1 aliphatic heterocycles. The molecule has 0 spiro atoms. The summed E-state index contributed by atoms with van der Waals surface area (Å²) in [6, 6.07) is -0.198. The van der Waals surface area contributed by atoms with Gasteiger partial charge in [0, 0.05) is 25.7 Å². The minimum Gasteiger partial charge on any atom is -0.480 e. The Morgan fingerprint density at radius 2 is 1.95 bits per heavy atom. The van der Waals surface area contributed by atoms with Crippen molar-refractivity contribution in [2.45, 2.75) is 32.7 Å². The quantitative estimate of drug-likeness (QED) is 0.826. The molecular weight excluding hydrogens is 246 g/mol. The van der Waals surface area contributed by atoms with Gasteiger partial charge in [0.15, 0.2) is 0 Å². The molecule has 0 aliphatic carbocycles. The van der Waals surface area contributed by atoms with Crippen LogP contribution in [0.5, 0.6) is 0 Å². The average molecular weight is 271 g/mol. The largest absolute Gasteiger partial charge is 0.480 e. The van der Waals surface area contributed by atoms with E-state index in [0.29, 0.717) is 13.1 Å². The van der Waals surface area contributed by atoms with Crippen molar-refractivity contribution in [3.8, 4) is 0 Å². The van der Waals surface area contributed by atoms with Gasteiger partial charge in [-0.25, -0.2) is 4.79 Å². The number of nitrogens with zero attached hydrogens (tertiary/aromatic N) is 3. The van der Waals surface area contributed by atoms with Crippen molar-refractivity contribution >= 4 is 12.0 Å². The summed E-state index contributed by atoms with van der Waals surface area (Å²) in [5.41, 5.74) is 0. The van der Waals surface area contributed by atoms with E-state index in [-0.39, 0.29) is 18.6 Å². The smallest absolute Gasteiger partial charge is 0.323 e. The number of carboxylic acid groups (broad SMARTS) is 1. The number of hydrogen-bond acceptors (Lipinski definition) is 3. The molecule has 1 unspecified atom stereocenters. The summed E-state index contributed by atoms with van der Waals surface area (Å²) in [5.74, 6) is -0.958. The van der Waals surface area contributed by atoms with Gasteiger partial charge in [-0.1, -0.05) is 6.92 Å². The summed E-state index contributed by atoms with van der Waals surface area (Å²) in [6.45, 7) is 6.82. The summed E-state index contributed by atoms with van der Waals surface area (Å²) in [6.07, 6.45) is 1.69. The van der Waals surface area contributed by atoms with Crippen LogP contribution in [0.2, 0.25) is 0 Å². The van der Waals surface area contributed by atoms with E-state index in [0.717, 1.165) is 25.9 Å². The predicted octanol–water partition coefficient (Wildman–Crippen LogP) is 0.929. The Bertz CT molecular complexity index is 322. The second-order valence-corrected chi connectivity index (χ2v) is 5.21. The first-order valence-electron chi connectivity index (χ1n) is 6.91. The maximum absolute atomic E-state index is 12.5. The van der Waals surface area contributed by atoms with Gasteiger partial charge in [-0.15, -0.1) is 0 Å². The molecule has 1 atom stereocenters. The molecule has 1 fully saturated rings. The number of carboxylic acids is 1. The van der Waals surface area contributed by atoms with Crippen molar-refractivity contribution in [3.05, 3.63) is 0 Å². The van der Waals surface area contributed by atoms with Crippen molar-refractivity contribution in [3.63, 3.8) is 0 Å². The maximum Gasteiger partial charge on any atom is 0.323 e. The highest BCUT2D eigenvalue weighted by Crippen LogP contribution is 2.10. The van der Waals surface area contributed by atoms with Crippen LogP contribution in [0.4, 0.5) is 4.79 Å². The van der Waals surface area contributed by atoms with Crippen LogP contribution < -0.4 is 0 Å². The number of urea groups is 1. The molecule has 1 aliphatic rings. The Balaban J connectivity index is 2.71. The van der Waals surface area contributed by atoms with Gasteiger partial charge in [-0.2, -0.15) is 0 Å². The number of hydrogen-bond donors (Lipinski definition) is 1. The van der Waals surface area contributed by atoms with Crippen LogP contribution in [0.1, 0.15) is 26.7 Å². The summed E-state index contributed by atoms with van der Waals surface area (Å²) < 4.78 is 0. The van der Waals surface area contributed by atoms with Gasteiger partial charge >= 0.3 is 12.0 Å². The van der Waals surface area contributed by atoms with Crippen LogP contribution in [0.15, 0.2) is 0 Å². The number of aliphatic carboxylic acids is 1. The monoisotopic (exact) mass is 271 g/mol. The summed E-state index contributed by atoms with van der Waals surface area (Å²) in [4.78, 5) is 28.8. The predicted molar refractivity (Wildman–Crippen MR) is 73.2 cm³/mol. The first kappa shape index (κ1) is 15.8. The van der Waals surface area contributed by atoms with Gasteiger partial charge in [-0.05, 0) is 33.4 Å². The first-order valence-corrected chi connectivity index (χ1v) is 6.91. The van der Waals surface area contributed by atoms with Gasteiger partial charge in [-0.3, -0.25) is 4.79 Å². The van der Waals surface area contributed by atoms with Crippen molar-refractivity contribution in [1.29, 1.82) is 0 Å². The minimum atomic E-state index is -0.958. The van der Waals surface area contributed by atoms with Crippen molar-refractivity contribution < 1.29 is 14.7 Å². The van der Waals surface area contributed by atoms with E-state index in [1.165, 1.54) is 4.90 Å². The highest BCUT2D eigenvalue weighted by atomic mass is 16.4. The molecule has 19 heavy (non-hydrogen) atoms. The van der Waals surface area contributed by atoms with E-state index in [2.05, 4.69) is 4.90 Å². The Morgan fingerprint density at radius 1 is 1.26 bits per heavy atom. The van der Waals surface area contributed by atoms with E-state index in [1.807, 2.05) is 20.9 Å². The zero-order valence-corrected chi connectivity index (χ0v) is 12.1. The summed E-state index contributed by atoms with van der Waals surface area (Å²) in [5, 5.41) is 8.95. The normalized spacial score (nSPS) is 18.8. The second kappa shape index (κ2) is 7.33. The van der Waals surface area contributed by atoms with Gasteiger partial charge < -0.3 is 19.8 Å². The van der Waals surface area contributed by atoms with E-state index in [4.69, 9.17) is 5.11 Å². The van der Waals surface area contributed by atoms with Gasteiger partial charge in [0.05, 0.1) is 0 Å². The van der Waals surface area contributed by atoms with Gasteiger partial charge in [0.2, 0.25) is 0 Å². The lowest BCUT2D eigenvalue weighted by molar-refractivity contribution is -0.138. The molecule has 110 valence electrons. The van der Waals surface area contributed by atoms with Crippen LogP contribution >= 0.6 is 0 Å². The summed E-state index contributed by atoms with van der Waals surface area (Å²) >= 11 is 0. The molecule has 1 N–H and O–H groups in total. The van der Waals surface area contributed by atoms with Crippen molar-refractivity contribution in [1.82, 2.24) is 14.7 Å². The molecule has 6 nitrogen and oxygen atoms in total. The molecule has 1 heterocycles. The lowest BCUT2D eigenvalue weighted by Crippen LogP contribution is -2.50. The molecule has 0 aromatic heterocycles. The average Bonchev–Trinajstić information content (AvgIpc) is 2.59. The number of likely N-dealkylation sites (N-methyl/N-ethyl adjacent to an activating group) is 1. The molecule has 0 aromatic carbocycles. The van der Waals surface area contributed by atoms with Crippen molar-refractivity contribution in [2.75, 3.05) is 39.8 Å². The van der Waals surface area contributed by atoms with Gasteiger partial charge in [0.25, 0.3) is 0 Å². The van der Waals surface area contributed by atoms with Crippen LogP contribution in [-0.2, 0) is 4.79 Å². The first-order chi connectivity index (χ1) is 8.95. The molecule has 6 heteroatoms. The van der Waals surface area contributed by atoms with E-state index >= 15 is 0 Å². The molecule has 2 amide bonds. The van der Waals surface area contributed by atoms with E-state index in [1.54, 1.807) is 4.90 Å². The summed E-state index contributed by atoms with van der Waals surface area (Å²) in [7, 11) is 2.04. The second-order valence-electron chi connectivity index (χ2n) is 5.21. The van der Waals surface area contributed by atoms with Crippen LogP contribution in [0.3, 0.4) is 0 Å². The molecule has 0 radical (unpaired) electrons. The Kier molecular flexibility index (Phi) is 6.08. The Hall–Kier alpha value is -1.30. The fourth-order valence-electron chi connectivity index (χ4n) is 2.20. The number of rotatable bonds is 4. The number of carbonyl (C=O) groups excluding carboxylic acids is 1. The van der Waals surface area contributed by atoms with E-state index in [9.17, 15) is 9.59 Å². The molecule has 1 saturated heterocycles. The van der Waals surface area contributed by atoms with Crippen LogP contribution in [0, 0.1) is 0 Å². The fraction of sp³-hybridized carbons (Fsp3) is 0.846. The standard InChI is InChI=1S/C13H25N3O3/c1-4-11(2)16(10-12(17)18)13(19)15-7-5-6-14(3)8-9-15/h11H,4-10H2,1-3H3,(H,17,18). The van der Waals surface area contributed by atoms with Crippen LogP contribution in [-0.4, -0.2) is 77.6 Å².